The van der Waals surface area contributed by atoms with E-state index in [0.29, 0.717) is 6.61 Å². The lowest BCUT2D eigenvalue weighted by Gasteiger charge is -2.16. The Kier molecular flexibility index (Phi) is 6.55. The summed E-state index contributed by atoms with van der Waals surface area (Å²) in [5.74, 6) is 0.902. The smallest absolute Gasteiger partial charge is 0.125 e. The van der Waals surface area contributed by atoms with Crippen LogP contribution >= 0.6 is 15.9 Å². The lowest BCUT2D eigenvalue weighted by atomic mass is 10.1. The van der Waals surface area contributed by atoms with Crippen molar-refractivity contribution in [3.05, 3.63) is 28.2 Å². The summed E-state index contributed by atoms with van der Waals surface area (Å²) >= 11 is 3.45. The van der Waals surface area contributed by atoms with Gasteiger partial charge in [0, 0.05) is 22.7 Å². The van der Waals surface area contributed by atoms with Crippen LogP contribution in [-0.2, 0) is 0 Å². The number of unbranched alkanes of at least 4 members (excludes halogenated alkanes) is 1. The second-order valence-electron chi connectivity index (χ2n) is 3.97. The number of nitrogens with one attached hydrogen (secondary N) is 1. The van der Waals surface area contributed by atoms with Gasteiger partial charge in [0.15, 0.2) is 0 Å². The van der Waals surface area contributed by atoms with Crippen LogP contribution in [0.15, 0.2) is 22.7 Å². The van der Waals surface area contributed by atoms with E-state index in [-0.39, 0.29) is 12.6 Å². The summed E-state index contributed by atoms with van der Waals surface area (Å²) in [4.78, 5) is 0. The maximum absolute atomic E-state index is 8.72. The molecule has 0 spiro atoms. The minimum absolute atomic E-state index is 0.224. The van der Waals surface area contributed by atoms with Gasteiger partial charge in [0.1, 0.15) is 5.75 Å². The first-order chi connectivity index (χ1) is 8.19. The van der Waals surface area contributed by atoms with Crippen LogP contribution in [0.2, 0.25) is 0 Å². The Hall–Kier alpha value is -0.580. The van der Waals surface area contributed by atoms with E-state index in [1.165, 1.54) is 0 Å². The number of hydrogen-bond acceptors (Lipinski definition) is 3. The van der Waals surface area contributed by atoms with Gasteiger partial charge in [0.25, 0.3) is 0 Å². The van der Waals surface area contributed by atoms with Gasteiger partial charge in [-0.05, 0) is 38.9 Å². The molecule has 0 heterocycles. The SMILES string of the molecule is CNC(C)c1ccc(Br)cc1OCCCCO. The number of benzene rings is 1. The monoisotopic (exact) mass is 301 g/mol. The van der Waals surface area contributed by atoms with E-state index in [4.69, 9.17) is 9.84 Å². The maximum Gasteiger partial charge on any atom is 0.125 e. The van der Waals surface area contributed by atoms with Crippen molar-refractivity contribution < 1.29 is 9.84 Å². The van der Waals surface area contributed by atoms with Crippen molar-refractivity contribution in [2.24, 2.45) is 0 Å². The molecule has 0 aliphatic carbocycles. The molecule has 0 amide bonds. The van der Waals surface area contributed by atoms with E-state index < -0.39 is 0 Å². The van der Waals surface area contributed by atoms with E-state index in [2.05, 4.69) is 34.2 Å². The molecule has 2 N–H and O–H groups in total. The number of halogens is 1. The van der Waals surface area contributed by atoms with Crippen LogP contribution in [0.5, 0.6) is 5.75 Å². The maximum atomic E-state index is 8.72. The quantitative estimate of drug-likeness (QED) is 0.761. The first-order valence-electron chi connectivity index (χ1n) is 5.89. The van der Waals surface area contributed by atoms with Crippen molar-refractivity contribution in [1.29, 1.82) is 0 Å². The third-order valence-electron chi connectivity index (χ3n) is 2.69. The lowest BCUT2D eigenvalue weighted by molar-refractivity contribution is 0.251. The largest absolute Gasteiger partial charge is 0.493 e. The highest BCUT2D eigenvalue weighted by molar-refractivity contribution is 9.10. The molecule has 0 fully saturated rings. The highest BCUT2D eigenvalue weighted by Crippen LogP contribution is 2.28. The van der Waals surface area contributed by atoms with Crippen LogP contribution in [-0.4, -0.2) is 25.4 Å². The standard InChI is InChI=1S/C13H20BrNO2/c1-10(15-2)12-6-5-11(14)9-13(12)17-8-4-3-7-16/h5-6,9-10,15-16H,3-4,7-8H2,1-2H3. The molecule has 0 aliphatic heterocycles. The van der Waals surface area contributed by atoms with E-state index in [1.807, 2.05) is 19.2 Å². The Labute approximate surface area is 111 Å². The molecule has 4 heteroatoms. The summed E-state index contributed by atoms with van der Waals surface area (Å²) in [6.07, 6.45) is 1.65. The summed E-state index contributed by atoms with van der Waals surface area (Å²) in [6.45, 7) is 2.96. The number of rotatable bonds is 7. The van der Waals surface area contributed by atoms with Gasteiger partial charge in [-0.25, -0.2) is 0 Å². The molecule has 96 valence electrons. The summed E-state index contributed by atoms with van der Waals surface area (Å²) < 4.78 is 6.78. The zero-order valence-corrected chi connectivity index (χ0v) is 12.0. The zero-order chi connectivity index (χ0) is 12.7. The van der Waals surface area contributed by atoms with E-state index in [1.54, 1.807) is 0 Å². The highest BCUT2D eigenvalue weighted by Gasteiger charge is 2.10. The minimum Gasteiger partial charge on any atom is -0.493 e. The van der Waals surface area contributed by atoms with Gasteiger partial charge in [0.05, 0.1) is 6.61 Å². The second kappa shape index (κ2) is 7.69. The predicted octanol–water partition coefficient (Wildman–Crippen LogP) is 2.88. The van der Waals surface area contributed by atoms with Crippen molar-refractivity contribution in [1.82, 2.24) is 5.32 Å². The Bertz CT molecular complexity index is 344. The molecule has 1 unspecified atom stereocenters. The lowest BCUT2D eigenvalue weighted by Crippen LogP contribution is -2.14. The summed E-state index contributed by atoms with van der Waals surface area (Å²) in [5.41, 5.74) is 1.15. The summed E-state index contributed by atoms with van der Waals surface area (Å²) in [6, 6.07) is 6.33. The van der Waals surface area contributed by atoms with Crippen LogP contribution in [0.1, 0.15) is 31.4 Å². The zero-order valence-electron chi connectivity index (χ0n) is 10.4. The van der Waals surface area contributed by atoms with Crippen LogP contribution < -0.4 is 10.1 Å². The molecular formula is C13H20BrNO2. The molecule has 0 saturated heterocycles. The number of ether oxygens (including phenoxy) is 1. The van der Waals surface area contributed by atoms with Crippen molar-refractivity contribution in [3.8, 4) is 5.75 Å². The third-order valence-corrected chi connectivity index (χ3v) is 3.18. The average molecular weight is 302 g/mol. The molecule has 1 aromatic rings. The molecule has 3 nitrogen and oxygen atoms in total. The predicted molar refractivity (Wildman–Crippen MR) is 73.4 cm³/mol. The van der Waals surface area contributed by atoms with Gasteiger partial charge < -0.3 is 15.2 Å². The topological polar surface area (TPSA) is 41.5 Å². The van der Waals surface area contributed by atoms with E-state index in [9.17, 15) is 0 Å². The molecule has 0 aliphatic rings. The Morgan fingerprint density at radius 1 is 1.41 bits per heavy atom. The first-order valence-corrected chi connectivity index (χ1v) is 6.68. The van der Waals surface area contributed by atoms with Gasteiger partial charge in [-0.2, -0.15) is 0 Å². The molecule has 0 bridgehead atoms. The molecule has 0 radical (unpaired) electrons. The fourth-order valence-corrected chi connectivity index (χ4v) is 1.88. The molecule has 0 aromatic heterocycles. The van der Waals surface area contributed by atoms with Gasteiger partial charge >= 0.3 is 0 Å². The first kappa shape index (κ1) is 14.5. The van der Waals surface area contributed by atoms with Crippen molar-refractivity contribution in [2.75, 3.05) is 20.3 Å². The van der Waals surface area contributed by atoms with Crippen LogP contribution in [0, 0.1) is 0 Å². The highest BCUT2D eigenvalue weighted by atomic mass is 79.9. The number of aliphatic hydroxyl groups is 1. The molecular weight excluding hydrogens is 282 g/mol. The fraction of sp³-hybridized carbons (Fsp3) is 0.538. The molecule has 0 saturated carbocycles. The summed E-state index contributed by atoms with van der Waals surface area (Å²) in [7, 11) is 1.93. The summed E-state index contributed by atoms with van der Waals surface area (Å²) in [5, 5.41) is 11.9. The van der Waals surface area contributed by atoms with Crippen molar-refractivity contribution >= 4 is 15.9 Å². The van der Waals surface area contributed by atoms with Crippen LogP contribution in [0.4, 0.5) is 0 Å². The normalized spacial score (nSPS) is 12.5. The molecule has 1 rings (SSSR count). The van der Waals surface area contributed by atoms with Gasteiger partial charge in [0.2, 0.25) is 0 Å². The van der Waals surface area contributed by atoms with Crippen molar-refractivity contribution in [2.45, 2.75) is 25.8 Å². The Morgan fingerprint density at radius 3 is 2.82 bits per heavy atom. The van der Waals surface area contributed by atoms with Gasteiger partial charge in [-0.1, -0.05) is 22.0 Å². The number of aliphatic hydroxyl groups excluding tert-OH is 1. The van der Waals surface area contributed by atoms with Crippen molar-refractivity contribution in [3.63, 3.8) is 0 Å². The van der Waals surface area contributed by atoms with E-state index in [0.717, 1.165) is 28.6 Å². The molecule has 17 heavy (non-hydrogen) atoms. The minimum atomic E-state index is 0.224. The van der Waals surface area contributed by atoms with Crippen LogP contribution in [0.25, 0.3) is 0 Å². The average Bonchev–Trinajstić information content (AvgIpc) is 2.34. The fourth-order valence-electron chi connectivity index (χ4n) is 1.54. The Morgan fingerprint density at radius 2 is 2.18 bits per heavy atom. The molecule has 1 aromatic carbocycles. The van der Waals surface area contributed by atoms with Crippen LogP contribution in [0.3, 0.4) is 0 Å². The van der Waals surface area contributed by atoms with Gasteiger partial charge in [-0.15, -0.1) is 0 Å². The second-order valence-corrected chi connectivity index (χ2v) is 4.89. The van der Waals surface area contributed by atoms with E-state index >= 15 is 0 Å². The Balaban J connectivity index is 2.69. The van der Waals surface area contributed by atoms with Gasteiger partial charge in [-0.3, -0.25) is 0 Å². The number of hydrogen-bond donors (Lipinski definition) is 2. The third kappa shape index (κ3) is 4.66. The molecule has 1 atom stereocenters.